The maximum absolute atomic E-state index is 8.98. The molecule has 4 nitrogen and oxygen atoms in total. The molecule has 0 saturated heterocycles. The van der Waals surface area contributed by atoms with Crippen molar-refractivity contribution in [1.29, 1.82) is 0 Å². The summed E-state index contributed by atoms with van der Waals surface area (Å²) in [5, 5.41) is 8.98. The van der Waals surface area contributed by atoms with Crippen LogP contribution in [0.4, 0.5) is 0 Å². The molecule has 0 aromatic carbocycles. The summed E-state index contributed by atoms with van der Waals surface area (Å²) in [6.07, 6.45) is 2.37. The average molecular weight is 223 g/mol. The Morgan fingerprint density at radius 2 is 2.25 bits per heavy atom. The summed E-state index contributed by atoms with van der Waals surface area (Å²) in [5.74, 6) is 0.208. The molecule has 0 unspecified atom stereocenters. The van der Waals surface area contributed by atoms with Gasteiger partial charge in [-0.05, 0) is 18.9 Å². The lowest BCUT2D eigenvalue weighted by Gasteiger charge is -2.34. The van der Waals surface area contributed by atoms with E-state index in [0.29, 0.717) is 13.0 Å². The summed E-state index contributed by atoms with van der Waals surface area (Å²) in [5.41, 5.74) is 2.88. The van der Waals surface area contributed by atoms with Crippen LogP contribution in [0.1, 0.15) is 30.7 Å². The molecule has 88 valence electrons. The summed E-state index contributed by atoms with van der Waals surface area (Å²) in [6.45, 7) is 6.31. The van der Waals surface area contributed by atoms with Gasteiger partial charge in [0.1, 0.15) is 5.75 Å². The molecule has 4 heteroatoms. The fourth-order valence-corrected chi connectivity index (χ4v) is 1.83. The van der Waals surface area contributed by atoms with Gasteiger partial charge in [-0.15, -0.1) is 0 Å². The molecule has 1 aliphatic rings. The Morgan fingerprint density at radius 1 is 1.50 bits per heavy atom. The summed E-state index contributed by atoms with van der Waals surface area (Å²) >= 11 is 0. The highest BCUT2D eigenvalue weighted by molar-refractivity contribution is 5.42. The maximum atomic E-state index is 8.98. The molecule has 0 atom stereocenters. The number of hydrogen-bond acceptors (Lipinski definition) is 4. The van der Waals surface area contributed by atoms with Gasteiger partial charge in [0.2, 0.25) is 5.79 Å². The number of nitrogens with zero attached hydrogens (tertiary/aromatic N) is 1. The van der Waals surface area contributed by atoms with Crippen molar-refractivity contribution >= 4 is 0 Å². The van der Waals surface area contributed by atoms with E-state index in [-0.39, 0.29) is 6.61 Å². The minimum Gasteiger partial charge on any atom is -0.461 e. The first kappa shape index (κ1) is 11.4. The number of aliphatic hydroxyl groups is 1. The Kier molecular flexibility index (Phi) is 2.86. The number of hydrogen-bond donors (Lipinski definition) is 1. The molecule has 2 rings (SSSR count). The number of aliphatic hydroxyl groups excluding tert-OH is 1. The molecule has 1 aromatic heterocycles. The van der Waals surface area contributed by atoms with Crippen molar-refractivity contribution < 1.29 is 14.6 Å². The molecule has 0 spiro atoms. The van der Waals surface area contributed by atoms with Gasteiger partial charge in [0.15, 0.2) is 0 Å². The Hall–Kier alpha value is -1.13. The highest BCUT2D eigenvalue weighted by atomic mass is 16.7. The standard InChI is InChI=1S/C12H17NO3/c1-8-11-10(7-15-12(2,3)16-11)9(4-5-14)6-13-8/h6,14H,4-5,7H2,1-3H3. The van der Waals surface area contributed by atoms with Crippen molar-refractivity contribution in [3.05, 3.63) is 23.0 Å². The van der Waals surface area contributed by atoms with Gasteiger partial charge in [-0.25, -0.2) is 0 Å². The summed E-state index contributed by atoms with van der Waals surface area (Å²) in [7, 11) is 0. The first-order chi connectivity index (χ1) is 7.53. The van der Waals surface area contributed by atoms with Gasteiger partial charge in [-0.2, -0.15) is 0 Å². The van der Waals surface area contributed by atoms with Crippen LogP contribution in [0.15, 0.2) is 6.20 Å². The Bertz CT molecular complexity index is 401. The lowest BCUT2D eigenvalue weighted by Crippen LogP contribution is -2.36. The second kappa shape index (κ2) is 4.03. The average Bonchev–Trinajstić information content (AvgIpc) is 2.22. The van der Waals surface area contributed by atoms with Gasteiger partial charge >= 0.3 is 0 Å². The molecule has 0 amide bonds. The molecule has 2 heterocycles. The zero-order valence-electron chi connectivity index (χ0n) is 9.91. The van der Waals surface area contributed by atoms with Gasteiger partial charge in [-0.3, -0.25) is 4.98 Å². The molecule has 0 radical (unpaired) electrons. The molecular formula is C12H17NO3. The van der Waals surface area contributed by atoms with Crippen LogP contribution in [0.5, 0.6) is 5.75 Å². The van der Waals surface area contributed by atoms with Crippen molar-refractivity contribution in [2.75, 3.05) is 6.61 Å². The van der Waals surface area contributed by atoms with E-state index >= 15 is 0 Å². The van der Waals surface area contributed by atoms with Crippen LogP contribution < -0.4 is 4.74 Å². The fraction of sp³-hybridized carbons (Fsp3) is 0.583. The van der Waals surface area contributed by atoms with Crippen molar-refractivity contribution in [1.82, 2.24) is 4.98 Å². The van der Waals surface area contributed by atoms with E-state index in [1.54, 1.807) is 6.20 Å². The van der Waals surface area contributed by atoms with Crippen LogP contribution in [0.2, 0.25) is 0 Å². The quantitative estimate of drug-likeness (QED) is 0.826. The van der Waals surface area contributed by atoms with Crippen molar-refractivity contribution in [2.45, 2.75) is 39.6 Å². The van der Waals surface area contributed by atoms with Crippen molar-refractivity contribution in [3.63, 3.8) is 0 Å². The van der Waals surface area contributed by atoms with Gasteiger partial charge in [-0.1, -0.05) is 0 Å². The Balaban J connectivity index is 2.43. The third-order valence-corrected chi connectivity index (χ3v) is 2.70. The molecular weight excluding hydrogens is 206 g/mol. The van der Waals surface area contributed by atoms with Crippen LogP contribution in [0.3, 0.4) is 0 Å². The largest absolute Gasteiger partial charge is 0.461 e. The predicted molar refractivity (Wildman–Crippen MR) is 59.3 cm³/mol. The van der Waals surface area contributed by atoms with E-state index in [1.165, 1.54) is 0 Å². The molecule has 0 saturated carbocycles. The van der Waals surface area contributed by atoms with E-state index in [2.05, 4.69) is 4.98 Å². The third-order valence-electron chi connectivity index (χ3n) is 2.70. The number of aryl methyl sites for hydroxylation is 1. The number of rotatable bonds is 2. The van der Waals surface area contributed by atoms with Crippen LogP contribution >= 0.6 is 0 Å². The second-order valence-electron chi connectivity index (χ2n) is 4.44. The van der Waals surface area contributed by atoms with E-state index < -0.39 is 5.79 Å². The molecule has 0 aliphatic carbocycles. The minimum absolute atomic E-state index is 0.112. The normalized spacial score (nSPS) is 17.8. The van der Waals surface area contributed by atoms with Crippen molar-refractivity contribution in [2.24, 2.45) is 0 Å². The molecule has 16 heavy (non-hydrogen) atoms. The van der Waals surface area contributed by atoms with Gasteiger partial charge in [0, 0.05) is 32.2 Å². The van der Waals surface area contributed by atoms with Gasteiger partial charge in [0.25, 0.3) is 0 Å². The highest BCUT2D eigenvalue weighted by Crippen LogP contribution is 2.35. The first-order valence-electron chi connectivity index (χ1n) is 5.44. The summed E-state index contributed by atoms with van der Waals surface area (Å²) < 4.78 is 11.4. The van der Waals surface area contributed by atoms with E-state index in [0.717, 1.165) is 22.6 Å². The molecule has 0 fully saturated rings. The first-order valence-corrected chi connectivity index (χ1v) is 5.44. The minimum atomic E-state index is -0.600. The number of fused-ring (bicyclic) bond motifs is 1. The predicted octanol–water partition coefficient (Wildman–Crippen LogP) is 1.57. The molecule has 1 aliphatic heterocycles. The van der Waals surface area contributed by atoms with Crippen LogP contribution in [0, 0.1) is 6.92 Å². The van der Waals surface area contributed by atoms with E-state index in [9.17, 15) is 0 Å². The molecule has 0 bridgehead atoms. The van der Waals surface area contributed by atoms with Gasteiger partial charge < -0.3 is 14.6 Å². The number of ether oxygens (including phenoxy) is 2. The number of pyridine rings is 1. The van der Waals surface area contributed by atoms with E-state index in [1.807, 2.05) is 20.8 Å². The zero-order chi connectivity index (χ0) is 11.8. The Labute approximate surface area is 95.2 Å². The molecule has 1 N–H and O–H groups in total. The maximum Gasteiger partial charge on any atom is 0.205 e. The fourth-order valence-electron chi connectivity index (χ4n) is 1.83. The van der Waals surface area contributed by atoms with Crippen molar-refractivity contribution in [3.8, 4) is 5.75 Å². The Morgan fingerprint density at radius 3 is 2.94 bits per heavy atom. The third kappa shape index (κ3) is 2.03. The summed E-state index contributed by atoms with van der Waals surface area (Å²) in [6, 6.07) is 0. The molecule has 1 aromatic rings. The van der Waals surface area contributed by atoms with Gasteiger partial charge in [0.05, 0.1) is 12.3 Å². The lowest BCUT2D eigenvalue weighted by atomic mass is 10.0. The summed E-state index contributed by atoms with van der Waals surface area (Å²) in [4.78, 5) is 4.28. The van der Waals surface area contributed by atoms with Crippen LogP contribution in [-0.4, -0.2) is 22.5 Å². The van der Waals surface area contributed by atoms with Crippen LogP contribution in [-0.2, 0) is 17.8 Å². The zero-order valence-corrected chi connectivity index (χ0v) is 9.91. The van der Waals surface area contributed by atoms with E-state index in [4.69, 9.17) is 14.6 Å². The van der Waals surface area contributed by atoms with Crippen LogP contribution in [0.25, 0.3) is 0 Å². The monoisotopic (exact) mass is 223 g/mol. The topological polar surface area (TPSA) is 51.6 Å². The second-order valence-corrected chi connectivity index (χ2v) is 4.44. The lowest BCUT2D eigenvalue weighted by molar-refractivity contribution is -0.180. The SMILES string of the molecule is Cc1ncc(CCO)c2c1OC(C)(C)OC2. The highest BCUT2D eigenvalue weighted by Gasteiger charge is 2.30. The number of aromatic nitrogens is 1. The smallest absolute Gasteiger partial charge is 0.205 e.